The predicted octanol–water partition coefficient (Wildman–Crippen LogP) is 2.16. The zero-order valence-electron chi connectivity index (χ0n) is 24.5. The summed E-state index contributed by atoms with van der Waals surface area (Å²) in [5, 5.41) is 50.1. The number of nitrogens with zero attached hydrogens (tertiary/aromatic N) is 1. The quantitative estimate of drug-likeness (QED) is 0.253. The number of aliphatic hydroxyl groups is 3. The Labute approximate surface area is 248 Å². The molecule has 11 heteroatoms. The van der Waals surface area contributed by atoms with Gasteiger partial charge in [-0.15, -0.1) is 0 Å². The molecule has 6 rings (SSSR count). The molecule has 43 heavy (non-hydrogen) atoms. The second-order valence-corrected chi connectivity index (χ2v) is 13.0. The molecule has 1 fully saturated rings. The van der Waals surface area contributed by atoms with Crippen molar-refractivity contribution in [2.24, 2.45) is 23.3 Å². The lowest BCUT2D eigenvalue weighted by Crippen LogP contribution is -2.63. The van der Waals surface area contributed by atoms with Crippen molar-refractivity contribution in [3.63, 3.8) is 0 Å². The van der Waals surface area contributed by atoms with Crippen LogP contribution in [0.2, 0.25) is 0 Å². The number of nitrogens with two attached hydrogens (primary N) is 2. The van der Waals surface area contributed by atoms with E-state index in [0.29, 0.717) is 17.5 Å². The maximum atomic E-state index is 14.2. The standard InChI is InChI=1S/C32H38N4O7/c1-31(8-4-5-9-31)35-13-14-6-7-16-17(10-14)25(37)21-18(24(16)36(2)3)11-15-12-19-23(33)27(39)22(30(34)42)29(41)32(19,43)28(40)20(15)26(21)38/h6-7,10,15,19,23,35,37,39-40,43H,4-5,8-9,11-13,33H2,1-3H3,(H2,34,42)/t15-,19-,23-,32-/m0/s1. The minimum absolute atomic E-state index is 0.00927. The van der Waals surface area contributed by atoms with Gasteiger partial charge in [0, 0.05) is 54.1 Å². The molecule has 0 heterocycles. The van der Waals surface area contributed by atoms with Crippen LogP contribution in [-0.2, 0) is 22.6 Å². The lowest BCUT2D eigenvalue weighted by Gasteiger charge is -2.48. The number of carbonyl (C=O) groups excluding carboxylic acids is 3. The molecule has 2 aromatic rings. The van der Waals surface area contributed by atoms with E-state index >= 15 is 0 Å². The number of rotatable bonds is 5. The number of fused-ring (bicyclic) bond motifs is 4. The molecule has 4 aliphatic rings. The van der Waals surface area contributed by atoms with Gasteiger partial charge in [0.1, 0.15) is 22.8 Å². The number of allylic oxidation sites excluding steroid dienone is 1. The van der Waals surface area contributed by atoms with Gasteiger partial charge >= 0.3 is 0 Å². The zero-order chi connectivity index (χ0) is 31.2. The highest BCUT2D eigenvalue weighted by Gasteiger charge is 2.62. The van der Waals surface area contributed by atoms with Crippen LogP contribution >= 0.6 is 0 Å². The fourth-order valence-electron chi connectivity index (χ4n) is 7.88. The van der Waals surface area contributed by atoms with E-state index < -0.39 is 58.0 Å². The Kier molecular flexibility index (Phi) is 6.64. The van der Waals surface area contributed by atoms with E-state index in [1.807, 2.05) is 37.2 Å². The number of hydrogen-bond donors (Lipinski definition) is 7. The van der Waals surface area contributed by atoms with Crippen LogP contribution in [-0.4, -0.2) is 69.2 Å². The highest BCUT2D eigenvalue weighted by Crippen LogP contribution is 2.53. The summed E-state index contributed by atoms with van der Waals surface area (Å²) in [4.78, 5) is 41.4. The van der Waals surface area contributed by atoms with Gasteiger partial charge in [0.05, 0.1) is 11.6 Å². The molecule has 0 unspecified atom stereocenters. The average Bonchev–Trinajstić information content (AvgIpc) is 3.38. The summed E-state index contributed by atoms with van der Waals surface area (Å²) in [6, 6.07) is 4.42. The number of carbonyl (C=O) groups is 3. The van der Waals surface area contributed by atoms with E-state index in [-0.39, 0.29) is 35.3 Å². The van der Waals surface area contributed by atoms with Crippen molar-refractivity contribution in [2.75, 3.05) is 19.0 Å². The molecule has 0 radical (unpaired) electrons. The molecule has 1 amide bonds. The Morgan fingerprint density at radius 1 is 1.12 bits per heavy atom. The number of phenols is 1. The molecule has 9 N–H and O–H groups in total. The maximum absolute atomic E-state index is 14.2. The maximum Gasteiger partial charge on any atom is 0.255 e. The van der Waals surface area contributed by atoms with Gasteiger partial charge in [0.15, 0.2) is 11.4 Å². The number of amides is 1. The van der Waals surface area contributed by atoms with Crippen molar-refractivity contribution in [2.45, 2.75) is 69.2 Å². The van der Waals surface area contributed by atoms with Crippen molar-refractivity contribution >= 4 is 33.9 Å². The molecule has 0 bridgehead atoms. The van der Waals surface area contributed by atoms with Crippen molar-refractivity contribution in [3.05, 3.63) is 57.6 Å². The third-order valence-corrected chi connectivity index (χ3v) is 10.1. The van der Waals surface area contributed by atoms with E-state index in [9.17, 15) is 34.8 Å². The number of Topliss-reactive ketones (excluding diaryl/α,β-unsaturated/α-hetero) is 2. The number of primary amides is 1. The fraction of sp³-hybridized carbons (Fsp3) is 0.469. The van der Waals surface area contributed by atoms with Crippen LogP contribution in [0, 0.1) is 11.8 Å². The number of hydrogen-bond acceptors (Lipinski definition) is 10. The van der Waals surface area contributed by atoms with Crippen LogP contribution in [0.15, 0.2) is 40.9 Å². The Balaban J connectivity index is 1.49. The summed E-state index contributed by atoms with van der Waals surface area (Å²) in [6.45, 7) is 2.80. The first-order valence-corrected chi connectivity index (χ1v) is 14.7. The summed E-state index contributed by atoms with van der Waals surface area (Å²) in [5.41, 5.74) is 9.91. The molecular weight excluding hydrogens is 552 g/mol. The van der Waals surface area contributed by atoms with Gasteiger partial charge in [0.2, 0.25) is 5.78 Å². The van der Waals surface area contributed by atoms with Gasteiger partial charge in [-0.05, 0) is 55.7 Å². The molecule has 4 atom stereocenters. The van der Waals surface area contributed by atoms with E-state index in [1.54, 1.807) is 0 Å². The van der Waals surface area contributed by atoms with E-state index in [2.05, 4.69) is 12.2 Å². The van der Waals surface area contributed by atoms with Gasteiger partial charge in [-0.2, -0.15) is 0 Å². The van der Waals surface area contributed by atoms with Crippen LogP contribution < -0.4 is 21.7 Å². The van der Waals surface area contributed by atoms with Crippen LogP contribution in [0.4, 0.5) is 5.69 Å². The van der Waals surface area contributed by atoms with E-state index in [4.69, 9.17) is 11.5 Å². The minimum atomic E-state index is -2.74. The van der Waals surface area contributed by atoms with Gasteiger partial charge in [-0.3, -0.25) is 14.4 Å². The molecule has 0 aliphatic heterocycles. The number of anilines is 1. The number of aliphatic hydroxyl groups excluding tert-OH is 2. The van der Waals surface area contributed by atoms with Crippen molar-refractivity contribution in [1.82, 2.24) is 5.32 Å². The smallest absolute Gasteiger partial charge is 0.255 e. The number of aromatic hydroxyl groups is 1. The monoisotopic (exact) mass is 590 g/mol. The first-order valence-electron chi connectivity index (χ1n) is 14.7. The van der Waals surface area contributed by atoms with Crippen LogP contribution in [0.25, 0.3) is 10.8 Å². The molecule has 1 saturated carbocycles. The van der Waals surface area contributed by atoms with Gasteiger partial charge < -0.3 is 42.1 Å². The topological polar surface area (TPSA) is 199 Å². The first-order chi connectivity index (χ1) is 20.2. The summed E-state index contributed by atoms with van der Waals surface area (Å²) in [5.74, 6) is -7.17. The Bertz CT molecular complexity index is 1670. The molecule has 0 aromatic heterocycles. The Morgan fingerprint density at radius 3 is 2.42 bits per heavy atom. The van der Waals surface area contributed by atoms with E-state index in [0.717, 1.165) is 29.5 Å². The van der Waals surface area contributed by atoms with Gasteiger partial charge in [-0.1, -0.05) is 25.0 Å². The lowest BCUT2D eigenvalue weighted by atomic mass is 9.59. The Morgan fingerprint density at radius 2 is 1.79 bits per heavy atom. The molecular formula is C32H38N4O7. The van der Waals surface area contributed by atoms with Gasteiger partial charge in [-0.25, -0.2) is 0 Å². The van der Waals surface area contributed by atoms with Crippen LogP contribution in [0.5, 0.6) is 5.75 Å². The lowest BCUT2D eigenvalue weighted by molar-refractivity contribution is -0.145. The number of nitrogens with one attached hydrogen (secondary N) is 1. The molecule has 4 aliphatic carbocycles. The molecule has 0 saturated heterocycles. The highest BCUT2D eigenvalue weighted by atomic mass is 16.3. The van der Waals surface area contributed by atoms with Crippen LogP contribution in [0.1, 0.15) is 60.5 Å². The SMILES string of the molecule is CN(C)c1c2c(c(O)c3cc(CNC4(C)CCCC4)ccc13)C(=O)C1=C(O)[C@]3(O)C(=O)C(C(N)=O)=C(O)[C@@H](N)[C@@H]3C[C@@H]1C2. The number of benzene rings is 2. The summed E-state index contributed by atoms with van der Waals surface area (Å²) in [7, 11) is 3.69. The minimum Gasteiger partial charge on any atom is -0.510 e. The molecule has 228 valence electrons. The normalized spacial score (nSPS) is 28.2. The zero-order valence-corrected chi connectivity index (χ0v) is 24.5. The van der Waals surface area contributed by atoms with Crippen molar-refractivity contribution < 1.29 is 34.8 Å². The molecule has 0 spiro atoms. The van der Waals surface area contributed by atoms with Gasteiger partial charge in [0.25, 0.3) is 5.91 Å². The third kappa shape index (κ3) is 4.09. The molecule has 2 aromatic carbocycles. The largest absolute Gasteiger partial charge is 0.510 e. The second kappa shape index (κ2) is 9.80. The third-order valence-electron chi connectivity index (χ3n) is 10.1. The van der Waals surface area contributed by atoms with E-state index in [1.165, 1.54) is 12.8 Å². The predicted molar refractivity (Wildman–Crippen MR) is 160 cm³/mol. The summed E-state index contributed by atoms with van der Waals surface area (Å²) in [6.07, 6.45) is 4.70. The van der Waals surface area contributed by atoms with Crippen molar-refractivity contribution in [1.29, 1.82) is 0 Å². The van der Waals surface area contributed by atoms with Crippen LogP contribution in [0.3, 0.4) is 0 Å². The number of phenolic OH excluding ortho intramolecular Hbond substituents is 1. The second-order valence-electron chi connectivity index (χ2n) is 13.0. The first kappa shape index (κ1) is 29.2. The highest BCUT2D eigenvalue weighted by molar-refractivity contribution is 6.25. The average molecular weight is 591 g/mol. The Hall–Kier alpha value is -3.93. The summed E-state index contributed by atoms with van der Waals surface area (Å²) >= 11 is 0. The molecule has 11 nitrogen and oxygen atoms in total. The fourth-order valence-corrected chi connectivity index (χ4v) is 7.88. The summed E-state index contributed by atoms with van der Waals surface area (Å²) < 4.78 is 0. The van der Waals surface area contributed by atoms with Crippen molar-refractivity contribution in [3.8, 4) is 5.75 Å². The number of ketones is 2.